The van der Waals surface area contributed by atoms with E-state index in [9.17, 15) is 0 Å². The van der Waals surface area contributed by atoms with Gasteiger partial charge in [0.1, 0.15) is 18.5 Å². The van der Waals surface area contributed by atoms with Gasteiger partial charge in [0.2, 0.25) is 11.7 Å². The first-order chi connectivity index (χ1) is 11.3. The fourth-order valence-corrected chi connectivity index (χ4v) is 2.82. The van der Waals surface area contributed by atoms with Crippen LogP contribution < -0.4 is 0 Å². The van der Waals surface area contributed by atoms with Crippen LogP contribution >= 0.6 is 11.3 Å². The van der Waals surface area contributed by atoms with Crippen molar-refractivity contribution in [3.05, 3.63) is 59.3 Å². The smallest absolute Gasteiger partial charge is 0.236 e. The quantitative estimate of drug-likeness (QED) is 0.575. The largest absolute Gasteiger partial charge is 0.443 e. The van der Waals surface area contributed by atoms with Crippen molar-refractivity contribution in [1.82, 2.24) is 25.2 Å². The van der Waals surface area contributed by atoms with Crippen LogP contribution in [-0.4, -0.2) is 25.2 Å². The van der Waals surface area contributed by atoms with Crippen molar-refractivity contribution in [2.45, 2.75) is 13.5 Å². The number of tetrazole rings is 1. The molecule has 0 N–H and O–H groups in total. The number of rotatable bonds is 4. The molecule has 3 heterocycles. The van der Waals surface area contributed by atoms with Gasteiger partial charge in [-0.2, -0.15) is 4.80 Å². The van der Waals surface area contributed by atoms with Gasteiger partial charge in [-0.05, 0) is 23.6 Å². The van der Waals surface area contributed by atoms with Gasteiger partial charge in [0, 0.05) is 5.56 Å². The Bertz CT molecular complexity index is 908. The van der Waals surface area contributed by atoms with Crippen LogP contribution in [-0.2, 0) is 6.54 Å². The van der Waals surface area contributed by atoms with E-state index in [1.54, 1.807) is 17.6 Å². The van der Waals surface area contributed by atoms with E-state index in [4.69, 9.17) is 4.42 Å². The fourth-order valence-electron chi connectivity index (χ4n) is 2.17. The Morgan fingerprint density at radius 1 is 1.17 bits per heavy atom. The summed E-state index contributed by atoms with van der Waals surface area (Å²) in [6.07, 6.45) is 1.63. The molecule has 7 heteroatoms. The van der Waals surface area contributed by atoms with Gasteiger partial charge in [-0.1, -0.05) is 35.9 Å². The number of benzene rings is 1. The third kappa shape index (κ3) is 2.91. The molecule has 4 rings (SSSR count). The molecule has 4 aromatic rings. The van der Waals surface area contributed by atoms with Gasteiger partial charge in [-0.15, -0.1) is 21.5 Å². The Balaban J connectivity index is 1.53. The number of oxazole rings is 1. The van der Waals surface area contributed by atoms with Gasteiger partial charge >= 0.3 is 0 Å². The lowest BCUT2D eigenvalue weighted by atomic mass is 10.1. The van der Waals surface area contributed by atoms with Gasteiger partial charge in [0.25, 0.3) is 0 Å². The van der Waals surface area contributed by atoms with Gasteiger partial charge in [-0.3, -0.25) is 0 Å². The van der Waals surface area contributed by atoms with Crippen LogP contribution in [0.2, 0.25) is 0 Å². The van der Waals surface area contributed by atoms with E-state index in [2.05, 4.69) is 20.4 Å². The first-order valence-corrected chi connectivity index (χ1v) is 7.99. The van der Waals surface area contributed by atoms with E-state index in [1.807, 2.05) is 48.7 Å². The summed E-state index contributed by atoms with van der Waals surface area (Å²) in [5.74, 6) is 1.22. The normalized spacial score (nSPS) is 11.0. The minimum atomic E-state index is 0.424. The zero-order valence-corrected chi connectivity index (χ0v) is 13.2. The molecule has 0 aliphatic carbocycles. The monoisotopic (exact) mass is 323 g/mol. The lowest BCUT2D eigenvalue weighted by Crippen LogP contribution is -2.04. The van der Waals surface area contributed by atoms with Gasteiger partial charge in [0.05, 0.1) is 4.88 Å². The Hall–Kier alpha value is -2.80. The van der Waals surface area contributed by atoms with E-state index in [1.165, 1.54) is 10.4 Å². The minimum Gasteiger partial charge on any atom is -0.443 e. The lowest BCUT2D eigenvalue weighted by Gasteiger charge is -1.95. The van der Waals surface area contributed by atoms with Crippen LogP contribution in [0.15, 0.2) is 52.5 Å². The Morgan fingerprint density at radius 3 is 2.83 bits per heavy atom. The molecule has 0 fully saturated rings. The first-order valence-electron chi connectivity index (χ1n) is 7.11. The van der Waals surface area contributed by atoms with E-state index in [0.717, 1.165) is 16.1 Å². The number of hydrogen-bond acceptors (Lipinski definition) is 6. The zero-order chi connectivity index (χ0) is 15.6. The summed E-state index contributed by atoms with van der Waals surface area (Å²) in [6, 6.07) is 12.0. The molecule has 0 aliphatic rings. The van der Waals surface area contributed by atoms with Crippen molar-refractivity contribution in [3.8, 4) is 22.2 Å². The van der Waals surface area contributed by atoms with Crippen LogP contribution in [0.5, 0.6) is 0 Å². The zero-order valence-electron chi connectivity index (χ0n) is 12.4. The Morgan fingerprint density at radius 2 is 2.04 bits per heavy atom. The van der Waals surface area contributed by atoms with Crippen LogP contribution in [0.4, 0.5) is 0 Å². The van der Waals surface area contributed by atoms with Gasteiger partial charge in [-0.25, -0.2) is 4.98 Å². The summed E-state index contributed by atoms with van der Waals surface area (Å²) in [4.78, 5) is 6.98. The number of thiophene rings is 1. The van der Waals surface area contributed by atoms with E-state index < -0.39 is 0 Å². The summed E-state index contributed by atoms with van der Waals surface area (Å²) in [7, 11) is 0. The van der Waals surface area contributed by atoms with Crippen molar-refractivity contribution < 1.29 is 4.42 Å². The van der Waals surface area contributed by atoms with Gasteiger partial charge < -0.3 is 4.42 Å². The second kappa shape index (κ2) is 5.77. The highest BCUT2D eigenvalue weighted by atomic mass is 32.1. The third-order valence-electron chi connectivity index (χ3n) is 3.35. The van der Waals surface area contributed by atoms with Crippen molar-refractivity contribution >= 4 is 11.3 Å². The highest BCUT2D eigenvalue weighted by Gasteiger charge is 2.10. The molecule has 0 radical (unpaired) electrons. The molecule has 0 saturated carbocycles. The molecule has 0 saturated heterocycles. The molecular weight excluding hydrogens is 310 g/mol. The maximum absolute atomic E-state index is 5.50. The topological polar surface area (TPSA) is 69.6 Å². The number of aryl methyl sites for hydroxylation is 1. The molecule has 0 spiro atoms. The molecule has 6 nitrogen and oxygen atoms in total. The number of nitrogens with zero attached hydrogens (tertiary/aromatic N) is 5. The molecule has 0 amide bonds. The van der Waals surface area contributed by atoms with E-state index in [-0.39, 0.29) is 0 Å². The maximum Gasteiger partial charge on any atom is 0.236 e. The Labute approximate surface area is 136 Å². The van der Waals surface area contributed by atoms with E-state index in [0.29, 0.717) is 18.3 Å². The summed E-state index contributed by atoms with van der Waals surface area (Å²) >= 11 is 1.59. The van der Waals surface area contributed by atoms with Crippen molar-refractivity contribution in [3.63, 3.8) is 0 Å². The molecule has 3 aromatic heterocycles. The van der Waals surface area contributed by atoms with Crippen molar-refractivity contribution in [1.29, 1.82) is 0 Å². The highest BCUT2D eigenvalue weighted by molar-refractivity contribution is 7.13. The molecule has 114 valence electrons. The third-order valence-corrected chi connectivity index (χ3v) is 4.21. The van der Waals surface area contributed by atoms with Gasteiger partial charge in [0.15, 0.2) is 0 Å². The molecule has 0 atom stereocenters. The van der Waals surface area contributed by atoms with Crippen LogP contribution in [0.25, 0.3) is 22.2 Å². The van der Waals surface area contributed by atoms with Crippen molar-refractivity contribution in [2.75, 3.05) is 0 Å². The van der Waals surface area contributed by atoms with Crippen LogP contribution in [0.1, 0.15) is 11.3 Å². The lowest BCUT2D eigenvalue weighted by molar-refractivity contribution is 0.550. The molecule has 0 aliphatic heterocycles. The number of aromatic nitrogens is 5. The summed E-state index contributed by atoms with van der Waals surface area (Å²) in [5, 5.41) is 14.6. The maximum atomic E-state index is 5.50. The molecule has 0 bridgehead atoms. The predicted molar refractivity (Wildman–Crippen MR) is 86.9 cm³/mol. The summed E-state index contributed by atoms with van der Waals surface area (Å²) in [6.45, 7) is 2.47. The highest BCUT2D eigenvalue weighted by Crippen LogP contribution is 2.23. The SMILES string of the molecule is Cc1ccc(-c2nnn(Cc3coc(-c4cccs4)n3)n2)cc1. The fraction of sp³-hybridized carbons (Fsp3) is 0.125. The first kappa shape index (κ1) is 13.8. The molecule has 1 aromatic carbocycles. The summed E-state index contributed by atoms with van der Waals surface area (Å²) < 4.78 is 5.50. The molecule has 0 unspecified atom stereocenters. The van der Waals surface area contributed by atoms with E-state index >= 15 is 0 Å². The van der Waals surface area contributed by atoms with Crippen LogP contribution in [0.3, 0.4) is 0 Å². The minimum absolute atomic E-state index is 0.424. The summed E-state index contributed by atoms with van der Waals surface area (Å²) in [5.41, 5.74) is 2.91. The second-order valence-corrected chi connectivity index (χ2v) is 6.08. The average Bonchev–Trinajstić information content (AvgIpc) is 3.29. The molecular formula is C16H13N5OS. The Kier molecular flexibility index (Phi) is 3.47. The standard InChI is InChI=1S/C16H13N5OS/c1-11-4-6-12(7-5-11)15-18-20-21(19-15)9-13-10-22-16(17-13)14-3-2-8-23-14/h2-8,10H,9H2,1H3. The number of hydrogen-bond donors (Lipinski definition) is 0. The second-order valence-electron chi connectivity index (χ2n) is 5.13. The predicted octanol–water partition coefficient (Wildman–Crippen LogP) is 3.41. The van der Waals surface area contributed by atoms with Crippen LogP contribution in [0, 0.1) is 6.92 Å². The molecule has 23 heavy (non-hydrogen) atoms. The average molecular weight is 323 g/mol. The van der Waals surface area contributed by atoms with Crippen molar-refractivity contribution in [2.24, 2.45) is 0 Å².